The minimum atomic E-state index is -0.417. The summed E-state index contributed by atoms with van der Waals surface area (Å²) in [7, 11) is 1.41. The Labute approximate surface area is 162 Å². The van der Waals surface area contributed by atoms with Crippen molar-refractivity contribution in [1.82, 2.24) is 4.90 Å². The van der Waals surface area contributed by atoms with Gasteiger partial charge in [0.05, 0.1) is 22.8 Å². The number of ether oxygens (including phenoxy) is 1. The van der Waals surface area contributed by atoms with Crippen LogP contribution in [0.2, 0.25) is 5.02 Å². The zero-order chi connectivity index (χ0) is 19.7. The molecule has 0 saturated carbocycles. The number of nitrogens with one attached hydrogen (secondary N) is 1. The van der Waals surface area contributed by atoms with Crippen molar-refractivity contribution in [1.29, 1.82) is 0 Å². The van der Waals surface area contributed by atoms with Gasteiger partial charge < -0.3 is 10.1 Å². The molecule has 0 spiro atoms. The van der Waals surface area contributed by atoms with Crippen molar-refractivity contribution in [2.75, 3.05) is 19.0 Å². The fraction of sp³-hybridized carbons (Fsp3) is 0.250. The standard InChI is InChI=1S/C20H19ClN2O4/c1-11(2)10-27-17-7-5-13(9-16(17)21)22-18(24)12-4-6-14-15(8-12)20(26)23(3)19(14)25/h4-9,11H,10H2,1-3H3,(H,22,24). The summed E-state index contributed by atoms with van der Waals surface area (Å²) in [6, 6.07) is 9.42. The molecule has 0 atom stereocenters. The summed E-state index contributed by atoms with van der Waals surface area (Å²) in [5.74, 6) is -0.272. The second kappa shape index (κ2) is 7.40. The average Bonchev–Trinajstić information content (AvgIpc) is 2.85. The number of fused-ring (bicyclic) bond motifs is 1. The zero-order valence-electron chi connectivity index (χ0n) is 15.2. The van der Waals surface area contributed by atoms with E-state index in [9.17, 15) is 14.4 Å². The number of amides is 3. The second-order valence-corrected chi connectivity index (χ2v) is 7.14. The van der Waals surface area contributed by atoms with Crippen molar-refractivity contribution in [3.8, 4) is 5.75 Å². The van der Waals surface area contributed by atoms with Crippen LogP contribution in [-0.4, -0.2) is 36.3 Å². The van der Waals surface area contributed by atoms with Gasteiger partial charge in [0.15, 0.2) is 0 Å². The molecular formula is C20H19ClN2O4. The maximum Gasteiger partial charge on any atom is 0.261 e. The van der Waals surface area contributed by atoms with Gasteiger partial charge in [0.25, 0.3) is 17.7 Å². The van der Waals surface area contributed by atoms with Crippen LogP contribution in [0.3, 0.4) is 0 Å². The first-order valence-corrected chi connectivity index (χ1v) is 8.86. The van der Waals surface area contributed by atoms with Crippen LogP contribution >= 0.6 is 11.6 Å². The van der Waals surface area contributed by atoms with Gasteiger partial charge in [-0.2, -0.15) is 0 Å². The molecule has 7 heteroatoms. The van der Waals surface area contributed by atoms with Gasteiger partial charge in [0.2, 0.25) is 0 Å². The summed E-state index contributed by atoms with van der Waals surface area (Å²) < 4.78 is 5.61. The Kier molecular flexibility index (Phi) is 5.19. The predicted octanol–water partition coefficient (Wildman–Crippen LogP) is 3.85. The van der Waals surface area contributed by atoms with E-state index in [1.807, 2.05) is 13.8 Å². The predicted molar refractivity (Wildman–Crippen MR) is 103 cm³/mol. The molecule has 0 aliphatic carbocycles. The molecule has 1 N–H and O–H groups in total. The SMILES string of the molecule is CC(C)COc1ccc(NC(=O)c2ccc3c(c2)C(=O)N(C)C3=O)cc1Cl. The van der Waals surface area contributed by atoms with E-state index in [4.69, 9.17) is 16.3 Å². The first-order chi connectivity index (χ1) is 12.8. The van der Waals surface area contributed by atoms with Crippen LogP contribution in [0, 0.1) is 5.92 Å². The maximum absolute atomic E-state index is 12.5. The van der Waals surface area contributed by atoms with Gasteiger partial charge in [-0.1, -0.05) is 25.4 Å². The Bertz CT molecular complexity index is 940. The molecule has 140 valence electrons. The highest BCUT2D eigenvalue weighted by molar-refractivity contribution is 6.32. The summed E-state index contributed by atoms with van der Waals surface area (Å²) in [6.45, 7) is 4.62. The summed E-state index contributed by atoms with van der Waals surface area (Å²) in [5, 5.41) is 3.12. The van der Waals surface area contributed by atoms with Crippen molar-refractivity contribution in [2.24, 2.45) is 5.92 Å². The van der Waals surface area contributed by atoms with Crippen LogP contribution < -0.4 is 10.1 Å². The molecule has 0 aromatic heterocycles. The molecule has 0 bridgehead atoms. The number of carbonyl (C=O) groups excluding carboxylic acids is 3. The van der Waals surface area contributed by atoms with E-state index in [0.29, 0.717) is 34.5 Å². The van der Waals surface area contributed by atoms with E-state index in [-0.39, 0.29) is 17.0 Å². The second-order valence-electron chi connectivity index (χ2n) is 6.73. The largest absolute Gasteiger partial charge is 0.492 e. The lowest BCUT2D eigenvalue weighted by Crippen LogP contribution is -2.24. The Morgan fingerprint density at radius 1 is 1.11 bits per heavy atom. The van der Waals surface area contributed by atoms with E-state index in [2.05, 4.69) is 5.32 Å². The summed E-state index contributed by atoms with van der Waals surface area (Å²) >= 11 is 6.21. The number of halogens is 1. The highest BCUT2D eigenvalue weighted by Crippen LogP contribution is 2.29. The van der Waals surface area contributed by atoms with E-state index in [1.54, 1.807) is 18.2 Å². The molecule has 0 unspecified atom stereocenters. The lowest BCUT2D eigenvalue weighted by Gasteiger charge is -2.12. The van der Waals surface area contributed by atoms with E-state index in [0.717, 1.165) is 4.90 Å². The summed E-state index contributed by atoms with van der Waals surface area (Å²) in [6.07, 6.45) is 0. The Morgan fingerprint density at radius 2 is 1.81 bits per heavy atom. The molecular weight excluding hydrogens is 368 g/mol. The molecule has 0 saturated heterocycles. The monoisotopic (exact) mass is 386 g/mol. The highest BCUT2D eigenvalue weighted by atomic mass is 35.5. The van der Waals surface area contributed by atoms with Gasteiger partial charge in [-0.15, -0.1) is 0 Å². The van der Waals surface area contributed by atoms with Crippen molar-refractivity contribution < 1.29 is 19.1 Å². The number of rotatable bonds is 5. The first kappa shape index (κ1) is 18.9. The molecule has 1 heterocycles. The molecule has 2 aromatic carbocycles. The number of hydrogen-bond acceptors (Lipinski definition) is 4. The van der Waals surface area contributed by atoms with Crippen molar-refractivity contribution in [3.05, 3.63) is 58.1 Å². The third-order valence-electron chi connectivity index (χ3n) is 4.11. The molecule has 0 fully saturated rings. The molecule has 2 aromatic rings. The van der Waals surface area contributed by atoms with E-state index >= 15 is 0 Å². The summed E-state index contributed by atoms with van der Waals surface area (Å²) in [5.41, 5.74) is 1.31. The van der Waals surface area contributed by atoms with E-state index in [1.165, 1.54) is 25.2 Å². The van der Waals surface area contributed by atoms with Gasteiger partial charge in [-0.3, -0.25) is 19.3 Å². The fourth-order valence-electron chi connectivity index (χ4n) is 2.66. The lowest BCUT2D eigenvalue weighted by molar-refractivity contribution is 0.0693. The van der Waals surface area contributed by atoms with Crippen LogP contribution in [0.15, 0.2) is 36.4 Å². The average molecular weight is 387 g/mol. The van der Waals surface area contributed by atoms with Crippen LogP contribution in [0.4, 0.5) is 5.69 Å². The van der Waals surface area contributed by atoms with Gasteiger partial charge in [-0.25, -0.2) is 0 Å². The van der Waals surface area contributed by atoms with Crippen LogP contribution in [0.25, 0.3) is 0 Å². The number of anilines is 1. The molecule has 0 radical (unpaired) electrons. The van der Waals surface area contributed by atoms with Crippen molar-refractivity contribution >= 4 is 35.0 Å². The minimum Gasteiger partial charge on any atom is -0.492 e. The zero-order valence-corrected chi connectivity index (χ0v) is 16.0. The number of carbonyl (C=O) groups is 3. The maximum atomic E-state index is 12.5. The quantitative estimate of drug-likeness (QED) is 0.792. The fourth-order valence-corrected chi connectivity index (χ4v) is 2.89. The number of nitrogens with zero attached hydrogens (tertiary/aromatic N) is 1. The molecule has 6 nitrogen and oxygen atoms in total. The Morgan fingerprint density at radius 3 is 2.48 bits per heavy atom. The Hall–Kier alpha value is -2.86. The lowest BCUT2D eigenvalue weighted by atomic mass is 10.1. The van der Waals surface area contributed by atoms with Crippen molar-refractivity contribution in [3.63, 3.8) is 0 Å². The number of imide groups is 1. The number of benzene rings is 2. The smallest absolute Gasteiger partial charge is 0.261 e. The van der Waals surface area contributed by atoms with Gasteiger partial charge in [0, 0.05) is 18.3 Å². The molecule has 3 amide bonds. The van der Waals surface area contributed by atoms with Crippen LogP contribution in [-0.2, 0) is 0 Å². The summed E-state index contributed by atoms with van der Waals surface area (Å²) in [4.78, 5) is 37.5. The third kappa shape index (κ3) is 3.80. The number of hydrogen-bond donors (Lipinski definition) is 1. The highest BCUT2D eigenvalue weighted by Gasteiger charge is 2.33. The molecule has 3 rings (SSSR count). The normalized spacial score (nSPS) is 13.1. The Balaban J connectivity index is 1.76. The molecule has 27 heavy (non-hydrogen) atoms. The van der Waals surface area contributed by atoms with E-state index < -0.39 is 11.8 Å². The van der Waals surface area contributed by atoms with Crippen LogP contribution in [0.1, 0.15) is 44.9 Å². The van der Waals surface area contributed by atoms with Crippen LogP contribution in [0.5, 0.6) is 5.75 Å². The van der Waals surface area contributed by atoms with Gasteiger partial charge >= 0.3 is 0 Å². The van der Waals surface area contributed by atoms with Gasteiger partial charge in [-0.05, 0) is 42.3 Å². The molecule has 1 aliphatic rings. The first-order valence-electron chi connectivity index (χ1n) is 8.48. The van der Waals surface area contributed by atoms with Gasteiger partial charge in [0.1, 0.15) is 5.75 Å². The minimum absolute atomic E-state index is 0.227. The van der Waals surface area contributed by atoms with Crippen molar-refractivity contribution in [2.45, 2.75) is 13.8 Å². The third-order valence-corrected chi connectivity index (χ3v) is 4.41. The molecule has 1 aliphatic heterocycles. The topological polar surface area (TPSA) is 75.7 Å².